The monoisotopic (exact) mass is 970 g/mol. The molecule has 376 valence electrons. The Morgan fingerprint density at radius 2 is 0.915 bits per heavy atom. The number of carboxylic acids is 1. The second kappa shape index (κ2) is 28.5. The van der Waals surface area contributed by atoms with Gasteiger partial charge in [-0.1, -0.05) is 121 Å². The van der Waals surface area contributed by atoms with Crippen LogP contribution in [0.5, 0.6) is 34.5 Å². The fourth-order valence-electron chi connectivity index (χ4n) is 7.83. The largest absolute Gasteiger partial charge is 0.493 e. The van der Waals surface area contributed by atoms with Crippen LogP contribution in [0.25, 0.3) is 0 Å². The summed E-state index contributed by atoms with van der Waals surface area (Å²) in [5, 5.41) is 12.3. The highest BCUT2D eigenvalue weighted by Gasteiger charge is 2.24. The summed E-state index contributed by atoms with van der Waals surface area (Å²) in [5.74, 6) is 1.10. The van der Waals surface area contributed by atoms with Crippen molar-refractivity contribution in [3.63, 3.8) is 0 Å². The van der Waals surface area contributed by atoms with Crippen molar-refractivity contribution in [2.75, 3.05) is 94.1 Å². The van der Waals surface area contributed by atoms with Crippen molar-refractivity contribution in [1.29, 1.82) is 0 Å². The number of hydrogen-bond acceptors (Lipinski definition) is 13. The van der Waals surface area contributed by atoms with Gasteiger partial charge in [-0.3, -0.25) is 14.6 Å². The minimum Gasteiger partial charge on any atom is -0.493 e. The molecule has 0 bridgehead atoms. The van der Waals surface area contributed by atoms with E-state index in [9.17, 15) is 9.59 Å². The molecule has 15 heteroatoms. The average Bonchev–Trinajstić information content (AvgIpc) is 3.43. The lowest BCUT2D eigenvalue weighted by atomic mass is 10.0. The standard InChI is InChI=1S/C28H32N2O5.C16H16O5.C12H18N2O/c1-32-25-17-23(18-26(33-2)27(25)35-20-21-9-5-3-6-10-21)28(31)29-24(22-11-7-4-8-12-22)19-30-13-15-34-16-14-30;1-19-13-8-12(16(17)18)9-14(20-2)15(13)21-10-11-6-4-3-5-7-11;13-12(11-4-2-1-3-5-11)10-14-6-8-15-9-7-14/h3-12,17-18,24H,13-16,19-20H2,1-2H3,(H,29,31);3-9H,10H2,1-2H3,(H,17,18);1-5,12H,6-10,13H2. The number of amides is 1. The summed E-state index contributed by atoms with van der Waals surface area (Å²) >= 11 is 0. The number of carbonyl (C=O) groups excluding carboxylic acids is 1. The summed E-state index contributed by atoms with van der Waals surface area (Å²) in [6, 6.07) is 45.9. The van der Waals surface area contributed by atoms with Crippen LogP contribution < -0.4 is 39.5 Å². The second-order valence-electron chi connectivity index (χ2n) is 16.6. The molecule has 6 aromatic carbocycles. The van der Waals surface area contributed by atoms with Crippen molar-refractivity contribution in [2.45, 2.75) is 25.3 Å². The number of rotatable bonds is 19. The van der Waals surface area contributed by atoms with E-state index < -0.39 is 5.97 Å². The predicted octanol–water partition coefficient (Wildman–Crippen LogP) is 8.09. The third kappa shape index (κ3) is 16.5. The summed E-state index contributed by atoms with van der Waals surface area (Å²) in [6.07, 6.45) is 0. The van der Waals surface area contributed by atoms with Crippen LogP contribution in [0.4, 0.5) is 0 Å². The maximum absolute atomic E-state index is 13.4. The molecule has 2 saturated heterocycles. The van der Waals surface area contributed by atoms with E-state index in [0.29, 0.717) is 73.0 Å². The molecular weight excluding hydrogens is 905 g/mol. The molecule has 2 heterocycles. The number of morpholine rings is 2. The fraction of sp³-hybridized carbons (Fsp3) is 0.321. The zero-order valence-corrected chi connectivity index (χ0v) is 41.0. The van der Waals surface area contributed by atoms with Crippen molar-refractivity contribution < 1.29 is 52.6 Å². The van der Waals surface area contributed by atoms with Gasteiger partial charge in [0.25, 0.3) is 5.91 Å². The smallest absolute Gasteiger partial charge is 0.335 e. The lowest BCUT2D eigenvalue weighted by molar-refractivity contribution is 0.0332. The highest BCUT2D eigenvalue weighted by Crippen LogP contribution is 2.40. The maximum Gasteiger partial charge on any atom is 0.335 e. The van der Waals surface area contributed by atoms with Crippen LogP contribution >= 0.6 is 0 Å². The molecule has 2 aliphatic heterocycles. The van der Waals surface area contributed by atoms with Gasteiger partial charge in [0, 0.05) is 50.9 Å². The van der Waals surface area contributed by atoms with Gasteiger partial charge in [0.2, 0.25) is 11.5 Å². The number of methoxy groups -OCH3 is 4. The normalized spacial score (nSPS) is 14.4. The van der Waals surface area contributed by atoms with E-state index in [2.05, 4.69) is 27.2 Å². The van der Waals surface area contributed by atoms with Crippen LogP contribution in [0.1, 0.15) is 55.1 Å². The third-order valence-electron chi connectivity index (χ3n) is 11.7. The highest BCUT2D eigenvalue weighted by atomic mass is 16.5. The van der Waals surface area contributed by atoms with Crippen molar-refractivity contribution in [1.82, 2.24) is 15.1 Å². The number of ether oxygens (including phenoxy) is 8. The second-order valence-corrected chi connectivity index (χ2v) is 16.6. The Labute approximate surface area is 416 Å². The van der Waals surface area contributed by atoms with Crippen LogP contribution in [0, 0.1) is 0 Å². The van der Waals surface area contributed by atoms with E-state index in [1.807, 2.05) is 109 Å². The summed E-state index contributed by atoms with van der Waals surface area (Å²) < 4.78 is 44.1. The van der Waals surface area contributed by atoms with E-state index in [4.69, 9.17) is 48.7 Å². The van der Waals surface area contributed by atoms with Gasteiger partial charge >= 0.3 is 5.97 Å². The quantitative estimate of drug-likeness (QED) is 0.0711. The molecule has 4 N–H and O–H groups in total. The van der Waals surface area contributed by atoms with E-state index in [1.54, 1.807) is 26.4 Å². The van der Waals surface area contributed by atoms with Crippen LogP contribution in [0.2, 0.25) is 0 Å². The number of carbonyl (C=O) groups is 2. The topological polar surface area (TPSA) is 173 Å². The molecule has 0 aliphatic carbocycles. The van der Waals surface area contributed by atoms with Crippen LogP contribution in [-0.2, 0) is 22.7 Å². The number of nitrogens with one attached hydrogen (secondary N) is 1. The van der Waals surface area contributed by atoms with Gasteiger partial charge in [0.05, 0.1) is 66.5 Å². The molecule has 0 radical (unpaired) electrons. The van der Waals surface area contributed by atoms with Crippen LogP contribution in [0.15, 0.2) is 146 Å². The van der Waals surface area contributed by atoms with Crippen LogP contribution in [-0.4, -0.2) is 121 Å². The van der Waals surface area contributed by atoms with E-state index in [1.165, 1.54) is 31.9 Å². The number of nitrogens with two attached hydrogens (primary N) is 1. The first-order valence-corrected chi connectivity index (χ1v) is 23.5. The Bertz CT molecular complexity index is 2460. The third-order valence-corrected chi connectivity index (χ3v) is 11.7. The van der Waals surface area contributed by atoms with E-state index in [0.717, 1.165) is 62.6 Å². The molecule has 15 nitrogen and oxygen atoms in total. The Hall–Kier alpha value is -7.14. The Morgan fingerprint density at radius 1 is 0.549 bits per heavy atom. The van der Waals surface area contributed by atoms with Crippen molar-refractivity contribution in [3.05, 3.63) is 179 Å². The van der Waals surface area contributed by atoms with E-state index in [-0.39, 0.29) is 23.6 Å². The van der Waals surface area contributed by atoms with Crippen molar-refractivity contribution in [2.24, 2.45) is 5.73 Å². The van der Waals surface area contributed by atoms with E-state index >= 15 is 0 Å². The molecule has 1 amide bonds. The van der Waals surface area contributed by atoms with Crippen molar-refractivity contribution >= 4 is 11.9 Å². The molecule has 6 aromatic rings. The minimum absolute atomic E-state index is 0.0794. The number of carboxylic acid groups (broad SMARTS) is 1. The minimum atomic E-state index is -1.05. The van der Waals surface area contributed by atoms with Gasteiger partial charge in [0.1, 0.15) is 13.2 Å². The van der Waals surface area contributed by atoms with Gasteiger partial charge in [-0.15, -0.1) is 0 Å². The zero-order chi connectivity index (χ0) is 50.2. The first kappa shape index (κ1) is 53.2. The number of benzene rings is 6. The Kier molecular flexibility index (Phi) is 21.4. The van der Waals surface area contributed by atoms with Gasteiger partial charge in [-0.05, 0) is 46.5 Å². The number of hydrogen-bond donors (Lipinski definition) is 3. The molecule has 71 heavy (non-hydrogen) atoms. The molecule has 2 unspecified atom stereocenters. The summed E-state index contributed by atoms with van der Waals surface area (Å²) in [6.45, 7) is 9.07. The zero-order valence-electron chi connectivity index (χ0n) is 41.0. The average molecular weight is 971 g/mol. The Morgan fingerprint density at radius 3 is 1.31 bits per heavy atom. The van der Waals surface area contributed by atoms with Crippen LogP contribution in [0.3, 0.4) is 0 Å². The summed E-state index contributed by atoms with van der Waals surface area (Å²) in [5.41, 5.74) is 10.9. The molecular formula is C56H66N4O11. The first-order valence-electron chi connectivity index (χ1n) is 23.5. The lowest BCUT2D eigenvalue weighted by Crippen LogP contribution is -2.43. The fourth-order valence-corrected chi connectivity index (χ4v) is 7.83. The molecule has 2 atom stereocenters. The molecule has 0 saturated carbocycles. The molecule has 2 aliphatic rings. The summed E-state index contributed by atoms with van der Waals surface area (Å²) in [7, 11) is 6.01. The van der Waals surface area contributed by atoms with Gasteiger partial charge in [-0.25, -0.2) is 4.79 Å². The first-order chi connectivity index (χ1) is 34.7. The SMILES string of the molecule is COc1cc(C(=O)NC(CN2CCOCC2)c2ccccc2)cc(OC)c1OCc1ccccc1.COc1cc(C(=O)O)cc(OC)c1OCc1ccccc1.NC(CN1CCOCC1)c1ccccc1. The number of aromatic carboxylic acids is 1. The molecule has 0 aromatic heterocycles. The summed E-state index contributed by atoms with van der Waals surface area (Å²) in [4.78, 5) is 29.1. The van der Waals surface area contributed by atoms with Gasteiger partial charge in [0.15, 0.2) is 23.0 Å². The van der Waals surface area contributed by atoms with Gasteiger partial charge < -0.3 is 54.1 Å². The molecule has 2 fully saturated rings. The Balaban J connectivity index is 0.000000193. The van der Waals surface area contributed by atoms with Crippen molar-refractivity contribution in [3.8, 4) is 34.5 Å². The predicted molar refractivity (Wildman–Crippen MR) is 272 cm³/mol. The highest BCUT2D eigenvalue weighted by molar-refractivity contribution is 5.96. The maximum atomic E-state index is 13.4. The molecule has 0 spiro atoms. The number of nitrogens with zero attached hydrogens (tertiary/aromatic N) is 2. The van der Waals surface area contributed by atoms with Gasteiger partial charge in [-0.2, -0.15) is 0 Å². The molecule has 8 rings (SSSR count). The lowest BCUT2D eigenvalue weighted by Gasteiger charge is -2.31.